The minimum Gasteiger partial charge on any atom is -0.393 e. The van der Waals surface area contributed by atoms with Crippen molar-refractivity contribution in [3.8, 4) is 0 Å². The maximum atomic E-state index is 10.4. The molecule has 0 bridgehead atoms. The quantitative estimate of drug-likeness (QED) is 0.770. The monoisotopic (exact) mass is 296 g/mol. The molecular formula is C19H30O2. The maximum Gasteiger partial charge on any atom is 0.0771 e. The number of allylic oxidation sites excluding steroid dienone is 3. The first-order valence-corrected chi connectivity index (χ1v) is 8.06. The van der Waals surface area contributed by atoms with Gasteiger partial charge in [-0.3, -0.25) is 0 Å². The lowest BCUT2D eigenvalue weighted by atomic mass is 9.62. The van der Waals surface area contributed by atoms with Crippen LogP contribution in [0, 0.1) is 16.7 Å². The Balaban J connectivity index is 1.79. The highest BCUT2D eigenvalue weighted by molar-refractivity contribution is 5.35. The molecule has 118 valence electrons. The van der Waals surface area contributed by atoms with Crippen molar-refractivity contribution in [1.82, 2.24) is 0 Å². The van der Waals surface area contributed by atoms with Crippen LogP contribution in [0.4, 0.5) is 0 Å². The first-order chi connectivity index (χ1) is 12.3. The summed E-state index contributed by atoms with van der Waals surface area (Å²) in [7, 11) is 0. The van der Waals surface area contributed by atoms with Crippen LogP contribution in [0.5, 0.6) is 0 Å². The Morgan fingerprint density at radius 1 is 1.43 bits per heavy atom. The molecule has 0 spiro atoms. The van der Waals surface area contributed by atoms with Crippen LogP contribution in [0.15, 0.2) is 23.8 Å². The predicted molar refractivity (Wildman–Crippen MR) is 85.9 cm³/mol. The Morgan fingerprint density at radius 2 is 2.19 bits per heavy atom. The van der Waals surface area contributed by atoms with E-state index in [1.807, 2.05) is 0 Å². The van der Waals surface area contributed by atoms with Crippen LogP contribution < -0.4 is 0 Å². The van der Waals surface area contributed by atoms with Crippen molar-refractivity contribution in [3.05, 3.63) is 23.8 Å². The van der Waals surface area contributed by atoms with Gasteiger partial charge in [-0.05, 0) is 75.4 Å². The molecule has 3 aliphatic rings. The highest BCUT2D eigenvalue weighted by Gasteiger charge is 2.56. The van der Waals surface area contributed by atoms with E-state index in [-0.39, 0.29) is 22.9 Å². The first-order valence-electron chi connectivity index (χ1n) is 11.1. The minimum atomic E-state index is -3.03. The van der Waals surface area contributed by atoms with Crippen molar-refractivity contribution in [2.24, 2.45) is 16.7 Å². The fourth-order valence-electron chi connectivity index (χ4n) is 4.73. The number of aliphatic hydroxyl groups excluding tert-OH is 1. The highest BCUT2D eigenvalue weighted by Crippen LogP contribution is 2.66. The molecule has 0 saturated heterocycles. The second-order valence-corrected chi connectivity index (χ2v) is 7.49. The number of hydrogen-bond donors (Lipinski definition) is 2. The fourth-order valence-corrected chi connectivity index (χ4v) is 4.73. The van der Waals surface area contributed by atoms with E-state index < -0.39 is 19.3 Å². The zero-order valence-corrected chi connectivity index (χ0v) is 12.7. The van der Waals surface area contributed by atoms with Gasteiger partial charge in [0.25, 0.3) is 0 Å². The van der Waals surface area contributed by atoms with Crippen molar-refractivity contribution >= 4 is 0 Å². The fraction of sp³-hybridized carbons (Fsp3) is 0.789. The van der Waals surface area contributed by atoms with Crippen LogP contribution in [-0.2, 0) is 0 Å². The van der Waals surface area contributed by atoms with E-state index in [1.54, 1.807) is 6.08 Å². The molecule has 2 heteroatoms. The van der Waals surface area contributed by atoms with Gasteiger partial charge in [-0.15, -0.1) is 0 Å². The average molecular weight is 296 g/mol. The Bertz CT molecular complexity index is 630. The van der Waals surface area contributed by atoms with Gasteiger partial charge >= 0.3 is 0 Å². The molecule has 2 saturated carbocycles. The molecule has 0 aromatic heterocycles. The molecule has 0 aromatic rings. The van der Waals surface area contributed by atoms with E-state index in [0.29, 0.717) is 6.42 Å². The molecular weight excluding hydrogens is 260 g/mol. The maximum absolute atomic E-state index is 10.4. The number of fused-ring (bicyclic) bond motifs is 1. The molecule has 21 heavy (non-hydrogen) atoms. The zero-order valence-electron chi connectivity index (χ0n) is 18.7. The Hall–Kier alpha value is -0.600. The Morgan fingerprint density at radius 3 is 2.86 bits per heavy atom. The summed E-state index contributed by atoms with van der Waals surface area (Å²) < 4.78 is 44.8. The van der Waals surface area contributed by atoms with Gasteiger partial charge in [0, 0.05) is 8.22 Å². The molecule has 3 atom stereocenters. The summed E-state index contributed by atoms with van der Waals surface area (Å²) in [5.74, 6) is 0.240. The Kier molecular flexibility index (Phi) is 2.25. The van der Waals surface area contributed by atoms with E-state index in [4.69, 9.17) is 8.22 Å². The van der Waals surface area contributed by atoms with Gasteiger partial charge in [-0.2, -0.15) is 0 Å². The summed E-state index contributed by atoms with van der Waals surface area (Å²) in [5.41, 5.74) is -1.61. The summed E-state index contributed by atoms with van der Waals surface area (Å²) in [4.78, 5) is 0. The van der Waals surface area contributed by atoms with Crippen LogP contribution in [0.1, 0.15) is 73.8 Å². The van der Waals surface area contributed by atoms with Crippen molar-refractivity contribution < 1.29 is 18.4 Å². The van der Waals surface area contributed by atoms with Crippen LogP contribution in [0.3, 0.4) is 0 Å². The Labute approximate surface area is 137 Å². The van der Waals surface area contributed by atoms with Gasteiger partial charge in [-0.1, -0.05) is 30.7 Å². The van der Waals surface area contributed by atoms with E-state index in [9.17, 15) is 10.2 Å². The van der Waals surface area contributed by atoms with Gasteiger partial charge < -0.3 is 10.2 Å². The molecule has 3 rings (SSSR count). The molecule has 0 amide bonds. The van der Waals surface area contributed by atoms with Crippen LogP contribution in [0.25, 0.3) is 0 Å². The third kappa shape index (κ3) is 2.73. The van der Waals surface area contributed by atoms with E-state index in [0.717, 1.165) is 44.6 Å². The lowest BCUT2D eigenvalue weighted by molar-refractivity contribution is 0.00683. The van der Waals surface area contributed by atoms with E-state index >= 15 is 0 Å². The average Bonchev–Trinajstić information content (AvgIpc) is 3.19. The van der Waals surface area contributed by atoms with Crippen LogP contribution in [-0.4, -0.2) is 21.9 Å². The first kappa shape index (κ1) is 9.52. The molecule has 2 nitrogen and oxygen atoms in total. The number of rotatable bonds is 4. The van der Waals surface area contributed by atoms with Gasteiger partial charge in [0.05, 0.1) is 11.7 Å². The molecule has 0 radical (unpaired) electrons. The van der Waals surface area contributed by atoms with Crippen molar-refractivity contribution in [3.63, 3.8) is 0 Å². The lowest BCUT2D eigenvalue weighted by Gasteiger charge is -2.44. The van der Waals surface area contributed by atoms with Crippen molar-refractivity contribution in [1.29, 1.82) is 0 Å². The predicted octanol–water partition coefficient (Wildman–Crippen LogP) is 3.98. The molecule has 0 aliphatic heterocycles. The van der Waals surface area contributed by atoms with E-state index in [2.05, 4.69) is 13.0 Å². The van der Waals surface area contributed by atoms with Crippen LogP contribution in [0.2, 0.25) is 0 Å². The smallest absolute Gasteiger partial charge is 0.0771 e. The second kappa shape index (κ2) is 4.96. The number of hydrogen-bond acceptors (Lipinski definition) is 2. The number of aliphatic hydroxyl groups is 2. The second-order valence-electron chi connectivity index (χ2n) is 7.49. The summed E-state index contributed by atoms with van der Waals surface area (Å²) in [6.45, 7) is -3.82. The van der Waals surface area contributed by atoms with Gasteiger partial charge in [0.15, 0.2) is 0 Å². The molecule has 0 aromatic carbocycles. The van der Waals surface area contributed by atoms with Gasteiger partial charge in [0.1, 0.15) is 0 Å². The van der Waals surface area contributed by atoms with Gasteiger partial charge in [0.2, 0.25) is 0 Å². The normalized spacial score (nSPS) is 43.9. The summed E-state index contributed by atoms with van der Waals surface area (Å²) in [6, 6.07) is 0. The third-order valence-electron chi connectivity index (χ3n) is 5.96. The highest BCUT2D eigenvalue weighted by atomic mass is 16.3. The van der Waals surface area contributed by atoms with Crippen molar-refractivity contribution in [2.45, 2.75) is 77.3 Å². The molecule has 2 N–H and O–H groups in total. The molecule has 2 fully saturated rings. The summed E-state index contributed by atoms with van der Waals surface area (Å²) in [5, 5.41) is 20.8. The molecule has 0 heterocycles. The lowest BCUT2D eigenvalue weighted by Crippen LogP contribution is -2.40. The van der Waals surface area contributed by atoms with Gasteiger partial charge in [-0.25, -0.2) is 0 Å². The molecule has 3 aliphatic carbocycles. The van der Waals surface area contributed by atoms with Crippen molar-refractivity contribution in [2.75, 3.05) is 0 Å². The third-order valence-corrected chi connectivity index (χ3v) is 5.96. The zero-order chi connectivity index (χ0) is 20.3. The SMILES string of the molecule is [2H]C([2H])([2H])C(O)(/C=C\CC1(C2=CCC3[C@@H](O)CCC[C@]23C)CC1)C([2H])([2H])[2H]. The van der Waals surface area contributed by atoms with E-state index in [1.165, 1.54) is 5.57 Å². The minimum absolute atomic E-state index is 0.0354. The molecule has 1 unspecified atom stereocenters. The summed E-state index contributed by atoms with van der Waals surface area (Å²) in [6.07, 6.45) is 10.7. The largest absolute Gasteiger partial charge is 0.393 e. The van der Waals surface area contributed by atoms with Crippen LogP contribution >= 0.6 is 0 Å². The summed E-state index contributed by atoms with van der Waals surface area (Å²) >= 11 is 0. The topological polar surface area (TPSA) is 40.5 Å². The standard InChI is InChI=1S/C19H30O2/c1-17(2,21)9-5-11-19(12-13-19)16-8-7-14-15(20)6-4-10-18(14,16)3/h5,8-9,14-15,20-21H,4,6-7,10-13H2,1-3H3/b9-5-/t14?,15-,18-/m0/s1/i1D3,2D3.